The number of rotatable bonds is 6. The van der Waals surface area contributed by atoms with Crippen molar-refractivity contribution in [1.82, 2.24) is 15.2 Å². The molecule has 1 unspecified atom stereocenters. The van der Waals surface area contributed by atoms with Crippen molar-refractivity contribution in [3.8, 4) is 10.8 Å². The number of likely N-dealkylation sites (tertiary alicyclic amines) is 1. The van der Waals surface area contributed by atoms with Gasteiger partial charge in [-0.2, -0.15) is 0 Å². The Labute approximate surface area is 139 Å². The molecule has 2 aromatic heterocycles. The molecule has 7 heteroatoms. The molecule has 3 N–H and O–H groups in total. The van der Waals surface area contributed by atoms with Crippen LogP contribution in [0.1, 0.15) is 18.5 Å². The van der Waals surface area contributed by atoms with E-state index in [1.54, 1.807) is 17.6 Å². The van der Waals surface area contributed by atoms with Gasteiger partial charge in [0.15, 0.2) is 0 Å². The largest absolute Gasteiger partial charge is 0.444 e. The van der Waals surface area contributed by atoms with Crippen molar-refractivity contribution in [3.63, 3.8) is 0 Å². The molecule has 0 spiro atoms. The maximum Gasteiger partial charge on any atom is 0.236 e. The Morgan fingerprint density at radius 1 is 1.57 bits per heavy atom. The topological polar surface area (TPSA) is 84.4 Å². The van der Waals surface area contributed by atoms with Gasteiger partial charge in [-0.1, -0.05) is 6.07 Å². The van der Waals surface area contributed by atoms with Gasteiger partial charge in [-0.3, -0.25) is 9.69 Å². The van der Waals surface area contributed by atoms with Gasteiger partial charge in [-0.05, 0) is 30.8 Å². The predicted octanol–water partition coefficient (Wildman–Crippen LogP) is 1.69. The molecule has 6 nitrogen and oxygen atoms in total. The summed E-state index contributed by atoms with van der Waals surface area (Å²) in [5, 5.41) is 4.89. The molecule has 0 saturated carbocycles. The minimum atomic E-state index is 0.0407. The average molecular weight is 334 g/mol. The van der Waals surface area contributed by atoms with E-state index in [4.69, 9.17) is 10.2 Å². The molecule has 1 amide bonds. The molecule has 0 aliphatic carbocycles. The molecule has 124 valence electrons. The van der Waals surface area contributed by atoms with E-state index in [-0.39, 0.29) is 11.8 Å². The normalized spacial score (nSPS) is 18.9. The van der Waals surface area contributed by atoms with Crippen LogP contribution in [0.15, 0.2) is 28.2 Å². The van der Waals surface area contributed by atoms with Crippen LogP contribution >= 0.6 is 11.3 Å². The van der Waals surface area contributed by atoms with Gasteiger partial charge >= 0.3 is 0 Å². The Morgan fingerprint density at radius 2 is 2.48 bits per heavy atom. The number of amides is 1. The number of piperidine rings is 1. The maximum atomic E-state index is 12.1. The minimum absolute atomic E-state index is 0.0407. The molecule has 1 aliphatic heterocycles. The van der Waals surface area contributed by atoms with Gasteiger partial charge in [-0.25, -0.2) is 4.98 Å². The zero-order valence-electron chi connectivity index (χ0n) is 13.0. The van der Waals surface area contributed by atoms with E-state index >= 15 is 0 Å². The van der Waals surface area contributed by atoms with Crippen molar-refractivity contribution < 1.29 is 9.21 Å². The van der Waals surface area contributed by atoms with Crippen molar-refractivity contribution in [2.45, 2.75) is 19.4 Å². The summed E-state index contributed by atoms with van der Waals surface area (Å²) < 4.78 is 5.56. The maximum absolute atomic E-state index is 12.1. The highest BCUT2D eigenvalue weighted by Gasteiger charge is 2.26. The fourth-order valence-electron chi connectivity index (χ4n) is 2.87. The molecule has 23 heavy (non-hydrogen) atoms. The molecular formula is C16H22N4O2S. The Kier molecular flexibility index (Phi) is 5.43. The summed E-state index contributed by atoms with van der Waals surface area (Å²) >= 11 is 1.61. The molecule has 3 rings (SSSR count). The van der Waals surface area contributed by atoms with Gasteiger partial charge in [0, 0.05) is 26.2 Å². The van der Waals surface area contributed by atoms with Gasteiger partial charge in [0.25, 0.3) is 0 Å². The number of oxazole rings is 1. The molecule has 0 radical (unpaired) electrons. The monoisotopic (exact) mass is 334 g/mol. The fraction of sp³-hybridized carbons (Fsp3) is 0.500. The molecule has 2 aromatic rings. The summed E-state index contributed by atoms with van der Waals surface area (Å²) in [6, 6.07) is 3.98. The molecule has 1 atom stereocenters. The SMILES string of the molecule is NCCNC(=O)C1CCCN(Cc2coc(-c3cccs3)n2)C1. The van der Waals surface area contributed by atoms with E-state index in [0.717, 1.165) is 43.0 Å². The van der Waals surface area contributed by atoms with Crippen LogP contribution in [0, 0.1) is 5.92 Å². The minimum Gasteiger partial charge on any atom is -0.444 e. The van der Waals surface area contributed by atoms with Gasteiger partial charge in [-0.15, -0.1) is 11.3 Å². The first kappa shape index (κ1) is 16.2. The van der Waals surface area contributed by atoms with E-state index in [1.807, 2.05) is 17.5 Å². The molecule has 1 saturated heterocycles. The quantitative estimate of drug-likeness (QED) is 0.840. The highest BCUT2D eigenvalue weighted by Crippen LogP contribution is 2.25. The second-order valence-corrected chi connectivity index (χ2v) is 6.72. The number of thiophene rings is 1. The lowest BCUT2D eigenvalue weighted by Gasteiger charge is -2.31. The van der Waals surface area contributed by atoms with Crippen molar-refractivity contribution >= 4 is 17.2 Å². The lowest BCUT2D eigenvalue weighted by molar-refractivity contribution is -0.126. The second-order valence-electron chi connectivity index (χ2n) is 5.78. The van der Waals surface area contributed by atoms with E-state index in [1.165, 1.54) is 0 Å². The Hall–Kier alpha value is -1.70. The predicted molar refractivity (Wildman–Crippen MR) is 89.9 cm³/mol. The zero-order valence-corrected chi connectivity index (χ0v) is 13.8. The van der Waals surface area contributed by atoms with Crippen LogP contribution in [0.4, 0.5) is 0 Å². The van der Waals surface area contributed by atoms with E-state index in [9.17, 15) is 4.79 Å². The van der Waals surface area contributed by atoms with Crippen molar-refractivity contribution in [2.75, 3.05) is 26.2 Å². The Balaban J connectivity index is 1.56. The summed E-state index contributed by atoms with van der Waals surface area (Å²) in [5.74, 6) is 0.822. The summed E-state index contributed by atoms with van der Waals surface area (Å²) in [6.45, 7) is 3.49. The fourth-order valence-corrected chi connectivity index (χ4v) is 3.53. The summed E-state index contributed by atoms with van der Waals surface area (Å²) in [5.41, 5.74) is 6.35. The Morgan fingerprint density at radius 3 is 3.26 bits per heavy atom. The molecule has 1 fully saturated rings. The summed E-state index contributed by atoms with van der Waals surface area (Å²) in [7, 11) is 0. The summed E-state index contributed by atoms with van der Waals surface area (Å²) in [6.07, 6.45) is 3.68. The van der Waals surface area contributed by atoms with Gasteiger partial charge < -0.3 is 15.5 Å². The van der Waals surface area contributed by atoms with Gasteiger partial charge in [0.1, 0.15) is 6.26 Å². The lowest BCUT2D eigenvalue weighted by Crippen LogP contribution is -2.43. The van der Waals surface area contributed by atoms with Gasteiger partial charge in [0.05, 0.1) is 16.5 Å². The number of hydrogen-bond donors (Lipinski definition) is 2. The third-order valence-electron chi connectivity index (χ3n) is 3.99. The van der Waals surface area contributed by atoms with Crippen LogP contribution < -0.4 is 11.1 Å². The lowest BCUT2D eigenvalue weighted by atomic mass is 9.97. The highest BCUT2D eigenvalue weighted by molar-refractivity contribution is 7.13. The van der Waals surface area contributed by atoms with Crippen LogP contribution in [-0.2, 0) is 11.3 Å². The van der Waals surface area contributed by atoms with Crippen molar-refractivity contribution in [1.29, 1.82) is 0 Å². The molecule has 0 aromatic carbocycles. The number of carbonyl (C=O) groups is 1. The van der Waals surface area contributed by atoms with E-state index in [0.29, 0.717) is 19.0 Å². The van der Waals surface area contributed by atoms with Crippen LogP contribution in [-0.4, -0.2) is 42.0 Å². The standard InChI is InChI=1S/C16H22N4O2S/c17-5-6-18-15(21)12-3-1-7-20(9-12)10-13-11-22-16(19-13)14-4-2-8-23-14/h2,4,8,11-12H,1,3,5-7,9-10,17H2,(H,18,21). The number of nitrogens with two attached hydrogens (primary N) is 1. The third kappa shape index (κ3) is 4.19. The van der Waals surface area contributed by atoms with Gasteiger partial charge in [0.2, 0.25) is 11.8 Å². The first-order valence-corrected chi connectivity index (χ1v) is 8.82. The Bertz CT molecular complexity index is 626. The van der Waals surface area contributed by atoms with Crippen LogP contribution in [0.5, 0.6) is 0 Å². The number of nitrogens with zero attached hydrogens (tertiary/aromatic N) is 2. The van der Waals surface area contributed by atoms with Crippen molar-refractivity contribution in [2.24, 2.45) is 11.7 Å². The number of aromatic nitrogens is 1. The smallest absolute Gasteiger partial charge is 0.236 e. The third-order valence-corrected chi connectivity index (χ3v) is 4.85. The molecule has 3 heterocycles. The molecule has 1 aliphatic rings. The second kappa shape index (κ2) is 7.72. The highest BCUT2D eigenvalue weighted by atomic mass is 32.1. The van der Waals surface area contributed by atoms with Crippen molar-refractivity contribution in [3.05, 3.63) is 29.5 Å². The van der Waals surface area contributed by atoms with Crippen LogP contribution in [0.2, 0.25) is 0 Å². The first-order chi connectivity index (χ1) is 11.3. The van der Waals surface area contributed by atoms with E-state index < -0.39 is 0 Å². The van der Waals surface area contributed by atoms with Crippen LogP contribution in [0.3, 0.4) is 0 Å². The molecule has 0 bridgehead atoms. The zero-order chi connectivity index (χ0) is 16.1. The summed E-state index contributed by atoms with van der Waals surface area (Å²) in [4.78, 5) is 19.9. The number of carbonyl (C=O) groups excluding carboxylic acids is 1. The number of hydrogen-bond acceptors (Lipinski definition) is 6. The van der Waals surface area contributed by atoms with E-state index in [2.05, 4.69) is 15.2 Å². The van der Waals surface area contributed by atoms with Crippen LogP contribution in [0.25, 0.3) is 10.8 Å². The molecular weight excluding hydrogens is 312 g/mol. The average Bonchev–Trinajstić information content (AvgIpc) is 3.24. The first-order valence-electron chi connectivity index (χ1n) is 7.94. The number of nitrogens with one attached hydrogen (secondary N) is 1.